The molecule has 2 rings (SSSR count). The van der Waals surface area contributed by atoms with Crippen molar-refractivity contribution in [3.05, 3.63) is 29.3 Å². The number of aryl methyl sites for hydroxylation is 2. The summed E-state index contributed by atoms with van der Waals surface area (Å²) in [6.07, 6.45) is 5.32. The SMILES string of the molecule is Cc1cccc(C)c1NC(=O)CCN(C1CCCC1)S(C)(=O)=O. The molecule has 0 atom stereocenters. The van der Waals surface area contributed by atoms with Gasteiger partial charge in [0, 0.05) is 24.7 Å². The lowest BCUT2D eigenvalue weighted by molar-refractivity contribution is -0.116. The number of hydrogen-bond acceptors (Lipinski definition) is 3. The fourth-order valence-electron chi connectivity index (χ4n) is 3.24. The van der Waals surface area contributed by atoms with Gasteiger partial charge < -0.3 is 5.32 Å². The zero-order valence-electron chi connectivity index (χ0n) is 14.1. The largest absolute Gasteiger partial charge is 0.326 e. The van der Waals surface area contributed by atoms with Crippen molar-refractivity contribution in [2.45, 2.75) is 52.0 Å². The van der Waals surface area contributed by atoms with Gasteiger partial charge in [-0.05, 0) is 37.8 Å². The summed E-state index contributed by atoms with van der Waals surface area (Å²) in [6, 6.07) is 5.90. The number of sulfonamides is 1. The maximum Gasteiger partial charge on any atom is 0.225 e. The summed E-state index contributed by atoms with van der Waals surface area (Å²) in [5.74, 6) is -0.144. The summed E-state index contributed by atoms with van der Waals surface area (Å²) < 4.78 is 25.5. The van der Waals surface area contributed by atoms with Crippen molar-refractivity contribution in [3.8, 4) is 0 Å². The van der Waals surface area contributed by atoms with Gasteiger partial charge in [-0.3, -0.25) is 4.79 Å². The van der Waals surface area contributed by atoms with Crippen molar-refractivity contribution in [3.63, 3.8) is 0 Å². The number of hydrogen-bond donors (Lipinski definition) is 1. The normalized spacial score (nSPS) is 16.0. The molecule has 0 spiro atoms. The van der Waals surface area contributed by atoms with Crippen molar-refractivity contribution in [2.75, 3.05) is 18.1 Å². The Morgan fingerprint density at radius 1 is 1.22 bits per heavy atom. The number of benzene rings is 1. The van der Waals surface area contributed by atoms with Gasteiger partial charge in [-0.15, -0.1) is 0 Å². The summed E-state index contributed by atoms with van der Waals surface area (Å²) in [6.45, 7) is 4.15. The molecule has 1 saturated carbocycles. The molecule has 1 N–H and O–H groups in total. The maximum absolute atomic E-state index is 12.2. The highest BCUT2D eigenvalue weighted by Crippen LogP contribution is 2.25. The zero-order valence-corrected chi connectivity index (χ0v) is 14.9. The molecule has 1 aliphatic rings. The molecule has 128 valence electrons. The average molecular weight is 338 g/mol. The van der Waals surface area contributed by atoms with E-state index in [-0.39, 0.29) is 24.9 Å². The Kier molecular flexibility index (Phi) is 5.81. The Balaban J connectivity index is 1.99. The number of amides is 1. The number of para-hydroxylation sites is 1. The Bertz CT molecular complexity index is 644. The van der Waals surface area contributed by atoms with Crippen LogP contribution in [0, 0.1) is 13.8 Å². The van der Waals surface area contributed by atoms with Crippen LogP contribution in [0.3, 0.4) is 0 Å². The predicted molar refractivity (Wildman–Crippen MR) is 93.0 cm³/mol. The van der Waals surface area contributed by atoms with E-state index in [1.54, 1.807) is 0 Å². The minimum Gasteiger partial charge on any atom is -0.326 e. The first kappa shape index (κ1) is 17.9. The van der Waals surface area contributed by atoms with Crippen LogP contribution in [-0.2, 0) is 14.8 Å². The van der Waals surface area contributed by atoms with Gasteiger partial charge in [-0.1, -0.05) is 31.0 Å². The molecule has 0 unspecified atom stereocenters. The third kappa shape index (κ3) is 4.78. The maximum atomic E-state index is 12.2. The van der Waals surface area contributed by atoms with E-state index >= 15 is 0 Å². The number of anilines is 1. The van der Waals surface area contributed by atoms with Crippen LogP contribution < -0.4 is 5.32 Å². The predicted octanol–water partition coefficient (Wildman–Crippen LogP) is 2.84. The Morgan fingerprint density at radius 3 is 2.30 bits per heavy atom. The van der Waals surface area contributed by atoms with Gasteiger partial charge in [-0.2, -0.15) is 4.31 Å². The Morgan fingerprint density at radius 2 is 1.78 bits per heavy atom. The molecular weight excluding hydrogens is 312 g/mol. The number of nitrogens with zero attached hydrogens (tertiary/aromatic N) is 1. The quantitative estimate of drug-likeness (QED) is 0.867. The highest BCUT2D eigenvalue weighted by molar-refractivity contribution is 7.88. The van der Waals surface area contributed by atoms with Gasteiger partial charge in [0.05, 0.1) is 6.26 Å². The molecule has 1 amide bonds. The van der Waals surface area contributed by atoms with Crippen LogP contribution in [0.1, 0.15) is 43.2 Å². The summed E-state index contributed by atoms with van der Waals surface area (Å²) in [5.41, 5.74) is 2.84. The standard InChI is InChI=1S/C17H26N2O3S/c1-13-7-6-8-14(2)17(13)18-16(20)11-12-19(23(3,21)22)15-9-4-5-10-15/h6-8,15H,4-5,9-12H2,1-3H3,(H,18,20). The summed E-state index contributed by atoms with van der Waals surface area (Å²) in [7, 11) is -3.28. The van der Waals surface area contributed by atoms with E-state index in [0.717, 1.165) is 42.5 Å². The second-order valence-corrected chi connectivity index (χ2v) is 8.31. The van der Waals surface area contributed by atoms with Crippen molar-refractivity contribution in [2.24, 2.45) is 0 Å². The molecule has 1 fully saturated rings. The van der Waals surface area contributed by atoms with Crippen LogP contribution in [0.4, 0.5) is 5.69 Å². The summed E-state index contributed by atoms with van der Waals surface area (Å²) in [5, 5.41) is 2.92. The van der Waals surface area contributed by atoms with Crippen molar-refractivity contribution in [1.82, 2.24) is 4.31 Å². The minimum atomic E-state index is -3.28. The lowest BCUT2D eigenvalue weighted by Gasteiger charge is -2.26. The molecule has 0 radical (unpaired) electrons. The van der Waals surface area contributed by atoms with Gasteiger partial charge in [0.1, 0.15) is 0 Å². The molecular formula is C17H26N2O3S. The van der Waals surface area contributed by atoms with Gasteiger partial charge in [0.2, 0.25) is 15.9 Å². The van der Waals surface area contributed by atoms with Crippen molar-refractivity contribution < 1.29 is 13.2 Å². The lowest BCUT2D eigenvalue weighted by Crippen LogP contribution is -2.40. The monoisotopic (exact) mass is 338 g/mol. The van der Waals surface area contributed by atoms with E-state index in [0.29, 0.717) is 0 Å². The third-order valence-electron chi connectivity index (χ3n) is 4.46. The lowest BCUT2D eigenvalue weighted by atomic mass is 10.1. The second-order valence-electron chi connectivity index (χ2n) is 6.38. The van der Waals surface area contributed by atoms with E-state index in [9.17, 15) is 13.2 Å². The number of carbonyl (C=O) groups excluding carboxylic acids is 1. The highest BCUT2D eigenvalue weighted by Gasteiger charge is 2.29. The molecule has 0 bridgehead atoms. The number of carbonyl (C=O) groups is 1. The first-order valence-corrected chi connectivity index (χ1v) is 9.97. The minimum absolute atomic E-state index is 0.0537. The van der Waals surface area contributed by atoms with Gasteiger partial charge in [0.25, 0.3) is 0 Å². The van der Waals surface area contributed by atoms with E-state index in [1.807, 2.05) is 32.0 Å². The van der Waals surface area contributed by atoms with Crippen LogP contribution in [-0.4, -0.2) is 37.5 Å². The van der Waals surface area contributed by atoms with Crippen molar-refractivity contribution >= 4 is 21.6 Å². The first-order valence-electron chi connectivity index (χ1n) is 8.12. The Labute approximate surface area is 139 Å². The fourth-order valence-corrected chi connectivity index (χ4v) is 4.41. The van der Waals surface area contributed by atoms with Crippen LogP contribution in [0.25, 0.3) is 0 Å². The number of nitrogens with one attached hydrogen (secondary N) is 1. The first-order chi connectivity index (χ1) is 10.8. The molecule has 6 heteroatoms. The third-order valence-corrected chi connectivity index (χ3v) is 5.80. The smallest absolute Gasteiger partial charge is 0.225 e. The van der Waals surface area contributed by atoms with Gasteiger partial charge in [-0.25, -0.2) is 8.42 Å². The topological polar surface area (TPSA) is 66.5 Å². The average Bonchev–Trinajstić information content (AvgIpc) is 2.95. The molecule has 1 aromatic rings. The van der Waals surface area contributed by atoms with Crippen LogP contribution in [0.5, 0.6) is 0 Å². The van der Waals surface area contributed by atoms with Crippen LogP contribution in [0.15, 0.2) is 18.2 Å². The molecule has 23 heavy (non-hydrogen) atoms. The highest BCUT2D eigenvalue weighted by atomic mass is 32.2. The molecule has 0 aromatic heterocycles. The molecule has 0 aliphatic heterocycles. The van der Waals surface area contributed by atoms with Gasteiger partial charge in [0.15, 0.2) is 0 Å². The molecule has 1 aliphatic carbocycles. The van der Waals surface area contributed by atoms with Crippen LogP contribution >= 0.6 is 0 Å². The molecule has 0 saturated heterocycles. The molecule has 1 aromatic carbocycles. The van der Waals surface area contributed by atoms with E-state index < -0.39 is 10.0 Å². The number of rotatable bonds is 6. The summed E-state index contributed by atoms with van der Waals surface area (Å²) >= 11 is 0. The van der Waals surface area contributed by atoms with E-state index in [1.165, 1.54) is 10.6 Å². The fraction of sp³-hybridized carbons (Fsp3) is 0.588. The second kappa shape index (κ2) is 7.45. The van der Waals surface area contributed by atoms with E-state index in [4.69, 9.17) is 0 Å². The zero-order chi connectivity index (χ0) is 17.0. The summed E-state index contributed by atoms with van der Waals surface area (Å²) in [4.78, 5) is 12.2. The van der Waals surface area contributed by atoms with E-state index in [2.05, 4.69) is 5.32 Å². The molecule has 5 nitrogen and oxygen atoms in total. The Hall–Kier alpha value is -1.40. The molecule has 0 heterocycles. The van der Waals surface area contributed by atoms with Gasteiger partial charge >= 0.3 is 0 Å². The van der Waals surface area contributed by atoms with Crippen molar-refractivity contribution in [1.29, 1.82) is 0 Å². The van der Waals surface area contributed by atoms with Crippen LogP contribution in [0.2, 0.25) is 0 Å².